The Balaban J connectivity index is 1.18. The predicted molar refractivity (Wildman–Crippen MR) is 173 cm³/mol. The Morgan fingerprint density at radius 3 is 2.31 bits per heavy atom. The van der Waals surface area contributed by atoms with Crippen molar-refractivity contribution in [2.75, 3.05) is 6.54 Å². The normalized spacial score (nSPS) is 27.4. The Bertz CT molecular complexity index is 1930. The van der Waals surface area contributed by atoms with Gasteiger partial charge in [-0.05, 0) is 129 Å². The first kappa shape index (κ1) is 31.7. The van der Waals surface area contributed by atoms with Crippen molar-refractivity contribution < 1.29 is 35.3 Å². The summed E-state index contributed by atoms with van der Waals surface area (Å²) in [5.41, 5.74) is 2.03. The minimum atomic E-state index is -5.78. The van der Waals surface area contributed by atoms with Crippen molar-refractivity contribution >= 4 is 16.2 Å². The van der Waals surface area contributed by atoms with E-state index < -0.39 is 21.2 Å². The molecule has 8 nitrogen and oxygen atoms in total. The maximum atomic E-state index is 13.3. The fourth-order valence-electron chi connectivity index (χ4n) is 9.18. The Hall–Kier alpha value is -3.54. The number of ether oxygens (including phenoxy) is 1. The van der Waals surface area contributed by atoms with Crippen molar-refractivity contribution in [3.8, 4) is 28.1 Å². The quantitative estimate of drug-likeness (QED) is 0.213. The van der Waals surface area contributed by atoms with Gasteiger partial charge in [0.05, 0.1) is 17.9 Å². The van der Waals surface area contributed by atoms with Gasteiger partial charge in [-0.2, -0.15) is 21.6 Å². The second-order valence-electron chi connectivity index (χ2n) is 15.5. The van der Waals surface area contributed by atoms with Crippen LogP contribution in [-0.4, -0.2) is 47.0 Å². The number of amides is 1. The predicted octanol–water partition coefficient (Wildman–Crippen LogP) is 8.70. The molecular weight excluding hydrogens is 643 g/mol. The minimum Gasteiger partial charge on any atom is -0.444 e. The second-order valence-corrected chi connectivity index (χ2v) is 17.0. The van der Waals surface area contributed by atoms with Gasteiger partial charge in [0.25, 0.3) is 0 Å². The number of benzene rings is 2. The van der Waals surface area contributed by atoms with E-state index in [1.165, 1.54) is 17.2 Å². The van der Waals surface area contributed by atoms with Crippen molar-refractivity contribution in [2.45, 2.75) is 108 Å². The molecule has 1 aliphatic heterocycles. The summed E-state index contributed by atoms with van der Waals surface area (Å²) in [6, 6.07) is 7.20. The minimum absolute atomic E-state index is 0.0193. The zero-order valence-corrected chi connectivity index (χ0v) is 28.3. The standard InChI is InChI=1S/C36H40F3N3O5S/c1-18-13-28(42(17-18)34(43)46-35(2,3)4)33-40-16-27(41-33)23-9-10-25(32-22-8-7-19(22)15-26(23)32)24-11-12-29(47-48(44,45)36(37,38)39)31-21-6-5-20(14-21)30(24)31/h9-12,16,18-22,28H,5-8,13-15,17H2,1-4H3,(H,40,41)/t18-,19?,20?,21?,22?,28-/m0/s1. The summed E-state index contributed by atoms with van der Waals surface area (Å²) in [6.07, 6.45) is 7.95. The maximum Gasteiger partial charge on any atom is 0.534 e. The lowest BCUT2D eigenvalue weighted by Crippen LogP contribution is -2.37. The average Bonchev–Trinajstić information content (AvgIpc) is 3.80. The fraction of sp³-hybridized carbons (Fsp3) is 0.556. The Kier molecular flexibility index (Phi) is 7.09. The SMILES string of the molecule is C[C@H]1C[C@@H](c2ncc(-c3ccc(-c4ccc(OS(=O)(=O)C(F)(F)F)c5c4C4CCC5C4)c4c3CC3CCC43)[nH]2)N(C(=O)OC(C)(C)C)C1. The van der Waals surface area contributed by atoms with Crippen LogP contribution in [0.15, 0.2) is 30.5 Å². The van der Waals surface area contributed by atoms with E-state index in [9.17, 15) is 26.4 Å². The molecule has 4 aliphatic carbocycles. The average molecular weight is 684 g/mol. The third kappa shape index (κ3) is 5.03. The number of hydrogen-bond donors (Lipinski definition) is 1. The third-order valence-corrected chi connectivity index (χ3v) is 12.2. The fourth-order valence-corrected chi connectivity index (χ4v) is 9.65. The molecule has 1 N–H and O–H groups in total. The molecule has 8 rings (SSSR count). The topological polar surface area (TPSA) is 102 Å². The van der Waals surface area contributed by atoms with Gasteiger partial charge in [-0.1, -0.05) is 25.1 Å². The molecule has 1 aromatic heterocycles. The van der Waals surface area contributed by atoms with Crippen molar-refractivity contribution in [3.63, 3.8) is 0 Å². The molecule has 12 heteroatoms. The monoisotopic (exact) mass is 683 g/mol. The van der Waals surface area contributed by atoms with Crippen LogP contribution in [0.2, 0.25) is 0 Å². The highest BCUT2D eigenvalue weighted by Gasteiger charge is 2.50. The molecule has 6 atom stereocenters. The summed E-state index contributed by atoms with van der Waals surface area (Å²) < 4.78 is 74.4. The molecule has 0 radical (unpaired) electrons. The van der Waals surface area contributed by atoms with Crippen molar-refractivity contribution in [1.29, 1.82) is 0 Å². The lowest BCUT2D eigenvalue weighted by atomic mass is 9.72. The Labute approximate surface area is 278 Å². The number of aromatic nitrogens is 2. The largest absolute Gasteiger partial charge is 0.534 e. The number of halogens is 3. The van der Waals surface area contributed by atoms with Gasteiger partial charge < -0.3 is 13.9 Å². The van der Waals surface area contributed by atoms with Gasteiger partial charge in [-0.15, -0.1) is 0 Å². The number of hydrogen-bond acceptors (Lipinski definition) is 6. The van der Waals surface area contributed by atoms with Crippen LogP contribution in [0.4, 0.5) is 18.0 Å². The number of aromatic amines is 1. The number of rotatable bonds is 5. The number of alkyl halides is 3. The molecule has 3 aromatic rings. The van der Waals surface area contributed by atoms with Crippen LogP contribution in [0.3, 0.4) is 0 Å². The Morgan fingerprint density at radius 1 is 0.938 bits per heavy atom. The summed E-state index contributed by atoms with van der Waals surface area (Å²) in [5.74, 6) is 1.91. The van der Waals surface area contributed by atoms with E-state index >= 15 is 0 Å². The van der Waals surface area contributed by atoms with Crippen LogP contribution in [0.5, 0.6) is 5.75 Å². The number of imidazole rings is 1. The molecule has 256 valence electrons. The molecule has 3 fully saturated rings. The highest BCUT2D eigenvalue weighted by atomic mass is 32.2. The zero-order chi connectivity index (χ0) is 33.9. The molecule has 2 saturated carbocycles. The smallest absolute Gasteiger partial charge is 0.444 e. The highest BCUT2D eigenvalue weighted by Crippen LogP contribution is 2.61. The second kappa shape index (κ2) is 10.7. The lowest BCUT2D eigenvalue weighted by Gasteiger charge is -2.32. The first-order chi connectivity index (χ1) is 22.6. The van der Waals surface area contributed by atoms with Gasteiger partial charge in [-0.3, -0.25) is 4.90 Å². The number of carbonyl (C=O) groups excluding carboxylic acids is 1. The summed E-state index contributed by atoms with van der Waals surface area (Å²) in [4.78, 5) is 23.2. The molecule has 2 heterocycles. The number of nitrogens with zero attached hydrogens (tertiary/aromatic N) is 2. The molecule has 2 aromatic carbocycles. The van der Waals surface area contributed by atoms with Gasteiger partial charge in [-0.25, -0.2) is 9.78 Å². The van der Waals surface area contributed by atoms with Gasteiger partial charge in [0.1, 0.15) is 17.2 Å². The summed E-state index contributed by atoms with van der Waals surface area (Å²) in [5, 5.41) is 0. The molecule has 48 heavy (non-hydrogen) atoms. The molecule has 2 bridgehead atoms. The summed E-state index contributed by atoms with van der Waals surface area (Å²) in [6.45, 7) is 8.31. The number of H-pyrrole nitrogens is 1. The van der Waals surface area contributed by atoms with Crippen molar-refractivity contribution in [3.05, 3.63) is 58.5 Å². The van der Waals surface area contributed by atoms with E-state index in [4.69, 9.17) is 13.9 Å². The van der Waals surface area contributed by atoms with Crippen LogP contribution in [0, 0.1) is 11.8 Å². The number of likely N-dealkylation sites (tertiary alicyclic amines) is 1. The molecular formula is C36H40F3N3O5S. The molecule has 1 amide bonds. The van der Waals surface area contributed by atoms with Crippen LogP contribution in [-0.2, 0) is 21.3 Å². The third-order valence-electron chi connectivity index (χ3n) is 11.2. The lowest BCUT2D eigenvalue weighted by molar-refractivity contribution is -0.0500. The maximum absolute atomic E-state index is 13.3. The number of nitrogens with one attached hydrogen (secondary N) is 1. The van der Waals surface area contributed by atoms with E-state index in [1.807, 2.05) is 27.0 Å². The van der Waals surface area contributed by atoms with Crippen molar-refractivity contribution in [1.82, 2.24) is 14.9 Å². The van der Waals surface area contributed by atoms with Crippen molar-refractivity contribution in [2.24, 2.45) is 11.8 Å². The molecule has 0 spiro atoms. The van der Waals surface area contributed by atoms with E-state index in [1.54, 1.807) is 11.0 Å². The molecule has 4 unspecified atom stereocenters. The van der Waals surface area contributed by atoms with Crippen LogP contribution in [0.1, 0.15) is 118 Å². The van der Waals surface area contributed by atoms with Crippen LogP contribution < -0.4 is 4.18 Å². The summed E-state index contributed by atoms with van der Waals surface area (Å²) >= 11 is 0. The summed E-state index contributed by atoms with van der Waals surface area (Å²) in [7, 11) is -5.78. The van der Waals surface area contributed by atoms with Gasteiger partial charge in [0.15, 0.2) is 0 Å². The first-order valence-corrected chi connectivity index (χ1v) is 18.4. The number of carbonyl (C=O) groups is 1. The van der Waals surface area contributed by atoms with Gasteiger partial charge >= 0.3 is 21.7 Å². The van der Waals surface area contributed by atoms with E-state index in [0.717, 1.165) is 78.7 Å². The molecule has 5 aliphatic rings. The highest BCUT2D eigenvalue weighted by molar-refractivity contribution is 7.88. The Morgan fingerprint density at radius 2 is 1.62 bits per heavy atom. The first-order valence-electron chi connectivity index (χ1n) is 17.0. The van der Waals surface area contributed by atoms with Crippen LogP contribution >= 0.6 is 0 Å². The van der Waals surface area contributed by atoms with E-state index in [-0.39, 0.29) is 29.7 Å². The van der Waals surface area contributed by atoms with Crippen LogP contribution in [0.25, 0.3) is 22.4 Å². The van der Waals surface area contributed by atoms with E-state index in [2.05, 4.69) is 24.0 Å². The molecule has 1 saturated heterocycles. The number of fused-ring (bicyclic) bond motifs is 8. The zero-order valence-electron chi connectivity index (χ0n) is 27.5. The van der Waals surface area contributed by atoms with E-state index in [0.29, 0.717) is 29.9 Å². The van der Waals surface area contributed by atoms with Gasteiger partial charge in [0, 0.05) is 17.7 Å². The van der Waals surface area contributed by atoms with Gasteiger partial charge in [0.2, 0.25) is 0 Å².